The molecule has 1 fully saturated rings. The van der Waals surface area contributed by atoms with Crippen LogP contribution >= 0.6 is 0 Å². The fourth-order valence-electron chi connectivity index (χ4n) is 2.89. The van der Waals surface area contributed by atoms with Crippen molar-refractivity contribution in [2.24, 2.45) is 0 Å². The Morgan fingerprint density at radius 2 is 1.84 bits per heavy atom. The first-order chi connectivity index (χ1) is 12.0. The van der Waals surface area contributed by atoms with E-state index in [0.717, 1.165) is 24.2 Å². The van der Waals surface area contributed by atoms with E-state index >= 15 is 0 Å². The number of benzene rings is 1. The van der Waals surface area contributed by atoms with Crippen LogP contribution in [0.1, 0.15) is 38.7 Å². The van der Waals surface area contributed by atoms with Gasteiger partial charge in [0, 0.05) is 6.61 Å². The highest BCUT2D eigenvalue weighted by Gasteiger charge is 2.39. The first-order valence-corrected chi connectivity index (χ1v) is 8.86. The van der Waals surface area contributed by atoms with Crippen molar-refractivity contribution in [2.75, 3.05) is 20.3 Å². The van der Waals surface area contributed by atoms with Gasteiger partial charge in [0.05, 0.1) is 32.5 Å². The third-order valence-electron chi connectivity index (χ3n) is 4.09. The lowest BCUT2D eigenvalue weighted by atomic mass is 10.1. The molecule has 1 aliphatic rings. The predicted molar refractivity (Wildman–Crippen MR) is 96.6 cm³/mol. The zero-order valence-corrected chi connectivity index (χ0v) is 15.4. The van der Waals surface area contributed by atoms with Gasteiger partial charge in [-0.05, 0) is 50.8 Å². The predicted octanol–water partition coefficient (Wildman–Crippen LogP) is 3.45. The molecule has 1 unspecified atom stereocenters. The summed E-state index contributed by atoms with van der Waals surface area (Å²) in [5.74, 6) is 0.285. The Morgan fingerprint density at radius 3 is 2.52 bits per heavy atom. The molecule has 2 rings (SSSR count). The van der Waals surface area contributed by atoms with Crippen LogP contribution in [0.5, 0.6) is 5.75 Å². The Morgan fingerprint density at radius 1 is 1.12 bits per heavy atom. The Kier molecular flexibility index (Phi) is 7.90. The highest BCUT2D eigenvalue weighted by Crippen LogP contribution is 2.31. The van der Waals surface area contributed by atoms with E-state index in [9.17, 15) is 0 Å². The first kappa shape index (κ1) is 19.9. The summed E-state index contributed by atoms with van der Waals surface area (Å²) in [6.07, 6.45) is 6.42. The SMILES string of the molecule is COc1ccc(COCC/C=C\CC2OC(C)(C)O[C@H]2CCO)cc1. The zero-order chi connectivity index (χ0) is 18.1. The molecule has 0 spiro atoms. The Labute approximate surface area is 150 Å². The van der Waals surface area contributed by atoms with E-state index in [4.69, 9.17) is 24.1 Å². The molecule has 5 heteroatoms. The Balaban J connectivity index is 1.62. The van der Waals surface area contributed by atoms with Crippen LogP contribution in [0.2, 0.25) is 0 Å². The van der Waals surface area contributed by atoms with Crippen molar-refractivity contribution in [3.8, 4) is 5.75 Å². The van der Waals surface area contributed by atoms with E-state index < -0.39 is 5.79 Å². The van der Waals surface area contributed by atoms with E-state index in [0.29, 0.717) is 19.6 Å². The van der Waals surface area contributed by atoms with Crippen molar-refractivity contribution >= 4 is 0 Å². The highest BCUT2D eigenvalue weighted by molar-refractivity contribution is 5.26. The molecular weight excluding hydrogens is 320 g/mol. The summed E-state index contributed by atoms with van der Waals surface area (Å²) in [5, 5.41) is 9.13. The number of hydrogen-bond acceptors (Lipinski definition) is 5. The Hall–Kier alpha value is -1.40. The smallest absolute Gasteiger partial charge is 0.163 e. The lowest BCUT2D eigenvalue weighted by Crippen LogP contribution is -2.23. The van der Waals surface area contributed by atoms with Gasteiger partial charge in [-0.1, -0.05) is 24.3 Å². The molecule has 0 aliphatic carbocycles. The molecule has 0 aromatic heterocycles. The maximum Gasteiger partial charge on any atom is 0.163 e. The van der Waals surface area contributed by atoms with Crippen LogP contribution in [0.25, 0.3) is 0 Å². The van der Waals surface area contributed by atoms with Gasteiger partial charge in [0.15, 0.2) is 5.79 Å². The topological polar surface area (TPSA) is 57.2 Å². The van der Waals surface area contributed by atoms with Gasteiger partial charge in [0.1, 0.15) is 5.75 Å². The maximum absolute atomic E-state index is 9.13. The van der Waals surface area contributed by atoms with Gasteiger partial charge in [-0.3, -0.25) is 0 Å². The van der Waals surface area contributed by atoms with Gasteiger partial charge < -0.3 is 24.1 Å². The van der Waals surface area contributed by atoms with Gasteiger partial charge in [-0.15, -0.1) is 0 Å². The van der Waals surface area contributed by atoms with Gasteiger partial charge in [-0.25, -0.2) is 0 Å². The standard InChI is InChI=1S/C20H30O5/c1-20(2)24-18(19(25-20)12-13-21)7-5-4-6-14-23-15-16-8-10-17(22-3)11-9-16/h4-5,8-11,18-19,21H,6-7,12-15H2,1-3H3/b5-4-/t18?,19-/m0/s1. The summed E-state index contributed by atoms with van der Waals surface area (Å²) >= 11 is 0. The van der Waals surface area contributed by atoms with Gasteiger partial charge in [-0.2, -0.15) is 0 Å². The normalized spacial score (nSPS) is 22.6. The van der Waals surface area contributed by atoms with Crippen LogP contribution in [0.4, 0.5) is 0 Å². The number of aliphatic hydroxyl groups excluding tert-OH is 1. The van der Waals surface area contributed by atoms with Crippen molar-refractivity contribution < 1.29 is 24.1 Å². The molecule has 0 amide bonds. The highest BCUT2D eigenvalue weighted by atomic mass is 16.7. The largest absolute Gasteiger partial charge is 0.497 e. The van der Waals surface area contributed by atoms with Crippen LogP contribution in [-0.2, 0) is 20.8 Å². The molecule has 140 valence electrons. The minimum atomic E-state index is -0.570. The van der Waals surface area contributed by atoms with E-state index in [-0.39, 0.29) is 18.8 Å². The second kappa shape index (κ2) is 9.92. The molecule has 1 aromatic rings. The van der Waals surface area contributed by atoms with Crippen LogP contribution in [0.15, 0.2) is 36.4 Å². The quantitative estimate of drug-likeness (QED) is 0.517. The van der Waals surface area contributed by atoms with Crippen LogP contribution in [0, 0.1) is 0 Å². The summed E-state index contributed by atoms with van der Waals surface area (Å²) < 4.78 is 22.5. The van der Waals surface area contributed by atoms with E-state index in [2.05, 4.69) is 12.2 Å². The molecule has 0 bridgehead atoms. The van der Waals surface area contributed by atoms with E-state index in [1.54, 1.807) is 7.11 Å². The molecule has 25 heavy (non-hydrogen) atoms. The van der Waals surface area contributed by atoms with Crippen molar-refractivity contribution in [3.05, 3.63) is 42.0 Å². The molecule has 1 heterocycles. The van der Waals surface area contributed by atoms with Crippen LogP contribution in [0.3, 0.4) is 0 Å². The van der Waals surface area contributed by atoms with Crippen molar-refractivity contribution in [2.45, 2.75) is 57.7 Å². The van der Waals surface area contributed by atoms with Crippen molar-refractivity contribution in [1.29, 1.82) is 0 Å². The lowest BCUT2D eigenvalue weighted by molar-refractivity contribution is -0.146. The summed E-state index contributed by atoms with van der Waals surface area (Å²) in [5.41, 5.74) is 1.13. The minimum Gasteiger partial charge on any atom is -0.497 e. The van der Waals surface area contributed by atoms with Crippen molar-refractivity contribution in [3.63, 3.8) is 0 Å². The summed E-state index contributed by atoms with van der Waals surface area (Å²) in [6, 6.07) is 7.89. The molecule has 0 saturated carbocycles. The third-order valence-corrected chi connectivity index (χ3v) is 4.09. The summed E-state index contributed by atoms with van der Waals surface area (Å²) in [6.45, 7) is 5.21. The molecule has 1 aliphatic heterocycles. The number of methoxy groups -OCH3 is 1. The fourth-order valence-corrected chi connectivity index (χ4v) is 2.89. The molecule has 1 aromatic carbocycles. The minimum absolute atomic E-state index is 0.00128. The molecule has 2 atom stereocenters. The van der Waals surface area contributed by atoms with Gasteiger partial charge in [0.25, 0.3) is 0 Å². The fraction of sp³-hybridized carbons (Fsp3) is 0.600. The molecular formula is C20H30O5. The summed E-state index contributed by atoms with van der Waals surface area (Å²) in [4.78, 5) is 0. The Bertz CT molecular complexity index is 523. The van der Waals surface area contributed by atoms with Crippen molar-refractivity contribution in [1.82, 2.24) is 0 Å². The van der Waals surface area contributed by atoms with Gasteiger partial charge >= 0.3 is 0 Å². The van der Waals surface area contributed by atoms with Gasteiger partial charge in [0.2, 0.25) is 0 Å². The number of hydrogen-bond donors (Lipinski definition) is 1. The van der Waals surface area contributed by atoms with E-state index in [1.165, 1.54) is 0 Å². The second-order valence-electron chi connectivity index (χ2n) is 6.62. The molecule has 5 nitrogen and oxygen atoms in total. The third kappa shape index (κ3) is 6.78. The second-order valence-corrected chi connectivity index (χ2v) is 6.62. The zero-order valence-electron chi connectivity index (χ0n) is 15.4. The monoisotopic (exact) mass is 350 g/mol. The number of ether oxygens (including phenoxy) is 4. The number of rotatable bonds is 10. The summed E-state index contributed by atoms with van der Waals surface area (Å²) in [7, 11) is 1.66. The molecule has 1 saturated heterocycles. The van der Waals surface area contributed by atoms with E-state index in [1.807, 2.05) is 38.1 Å². The lowest BCUT2D eigenvalue weighted by Gasteiger charge is -2.16. The molecule has 1 N–H and O–H groups in total. The average molecular weight is 350 g/mol. The average Bonchev–Trinajstić information content (AvgIpc) is 2.88. The number of aliphatic hydroxyl groups is 1. The molecule has 0 radical (unpaired) electrons. The van der Waals surface area contributed by atoms with Crippen LogP contribution < -0.4 is 4.74 Å². The maximum atomic E-state index is 9.13. The van der Waals surface area contributed by atoms with Crippen LogP contribution in [-0.4, -0.2) is 43.4 Å². The first-order valence-electron chi connectivity index (χ1n) is 8.86.